The first-order valence-electron chi connectivity index (χ1n) is 10.9. The summed E-state index contributed by atoms with van der Waals surface area (Å²) in [6.45, 7) is 4.84. The average molecular weight is 464 g/mol. The highest BCUT2D eigenvalue weighted by Gasteiger charge is 2.61. The molecular weight excluding hydrogens is 438 g/mol. The molecule has 0 radical (unpaired) electrons. The third-order valence-electron chi connectivity index (χ3n) is 6.41. The van der Waals surface area contributed by atoms with Gasteiger partial charge in [-0.25, -0.2) is 18.4 Å². The lowest BCUT2D eigenvalue weighted by molar-refractivity contribution is -0.330. The zero-order valence-electron chi connectivity index (χ0n) is 18.5. The van der Waals surface area contributed by atoms with E-state index in [1.807, 2.05) is 0 Å². The van der Waals surface area contributed by atoms with E-state index in [0.29, 0.717) is 44.5 Å². The van der Waals surface area contributed by atoms with Crippen molar-refractivity contribution in [2.75, 3.05) is 26.2 Å². The quantitative estimate of drug-likeness (QED) is 0.630. The molecule has 2 fully saturated rings. The number of likely N-dealkylation sites (N-methyl/N-ethyl adjacent to an activating group) is 1. The van der Waals surface area contributed by atoms with E-state index < -0.39 is 47.1 Å². The highest BCUT2D eigenvalue weighted by atomic mass is 19.1. The Morgan fingerprint density at radius 3 is 2.48 bits per heavy atom. The first-order valence-corrected chi connectivity index (χ1v) is 10.9. The SMILES string of the molecule is CCN1C(=O)[C@@]2(C)OC(=O)/C=C\C(=O)OC1C1(CCN(CCc3cc(F)ccc3F)CC1)O2. The van der Waals surface area contributed by atoms with Gasteiger partial charge >= 0.3 is 11.9 Å². The number of piperidine rings is 1. The van der Waals surface area contributed by atoms with Gasteiger partial charge in [0.1, 0.15) is 17.2 Å². The first kappa shape index (κ1) is 23.3. The average Bonchev–Trinajstić information content (AvgIpc) is 2.77. The lowest BCUT2D eigenvalue weighted by atomic mass is 9.85. The number of ether oxygens (including phenoxy) is 3. The van der Waals surface area contributed by atoms with Gasteiger partial charge in [-0.1, -0.05) is 0 Å². The molecule has 0 aliphatic carbocycles. The summed E-state index contributed by atoms with van der Waals surface area (Å²) < 4.78 is 44.5. The molecule has 33 heavy (non-hydrogen) atoms. The smallest absolute Gasteiger partial charge is 0.333 e. The molecule has 10 heteroatoms. The van der Waals surface area contributed by atoms with Gasteiger partial charge in [0.15, 0.2) is 0 Å². The Balaban J connectivity index is 1.54. The lowest BCUT2D eigenvalue weighted by Gasteiger charge is -2.55. The summed E-state index contributed by atoms with van der Waals surface area (Å²) >= 11 is 0. The van der Waals surface area contributed by atoms with Gasteiger partial charge in [0.2, 0.25) is 6.23 Å². The van der Waals surface area contributed by atoms with Crippen molar-refractivity contribution in [3.8, 4) is 0 Å². The molecule has 0 saturated carbocycles. The van der Waals surface area contributed by atoms with Crippen LogP contribution in [0.15, 0.2) is 30.4 Å². The Kier molecular flexibility index (Phi) is 6.24. The molecule has 1 aromatic rings. The van der Waals surface area contributed by atoms with Crippen LogP contribution >= 0.6 is 0 Å². The van der Waals surface area contributed by atoms with E-state index in [9.17, 15) is 23.2 Å². The summed E-state index contributed by atoms with van der Waals surface area (Å²) in [4.78, 5) is 40.9. The Morgan fingerprint density at radius 1 is 1.09 bits per heavy atom. The fraction of sp³-hybridized carbons (Fsp3) is 0.522. The molecule has 2 atom stereocenters. The van der Waals surface area contributed by atoms with Crippen molar-refractivity contribution in [1.82, 2.24) is 9.80 Å². The van der Waals surface area contributed by atoms with Crippen molar-refractivity contribution in [3.05, 3.63) is 47.5 Å². The molecule has 8 nitrogen and oxygen atoms in total. The number of amides is 1. The zero-order valence-corrected chi connectivity index (χ0v) is 18.5. The second kappa shape index (κ2) is 8.83. The van der Waals surface area contributed by atoms with Crippen molar-refractivity contribution < 1.29 is 37.4 Å². The summed E-state index contributed by atoms with van der Waals surface area (Å²) in [5, 5.41) is 0. The number of halogens is 2. The van der Waals surface area contributed by atoms with Crippen molar-refractivity contribution in [3.63, 3.8) is 0 Å². The van der Waals surface area contributed by atoms with Crippen LogP contribution in [0.2, 0.25) is 0 Å². The van der Waals surface area contributed by atoms with Crippen LogP contribution in [0.3, 0.4) is 0 Å². The molecule has 1 spiro atoms. The lowest BCUT2D eigenvalue weighted by Crippen LogP contribution is -2.72. The number of benzene rings is 1. The van der Waals surface area contributed by atoms with E-state index in [-0.39, 0.29) is 6.54 Å². The standard InChI is InChI=1S/C23H26F2N2O6/c1-3-27-20(30)22(2)32-19(29)7-6-18(28)31-21(27)23(33-22)9-12-26(13-10-23)11-8-15-14-16(24)4-5-17(15)25/h4-7,14,21H,3,8-13H2,1-2H3/b7-6-/t21?,22-/m0/s1. The Hall–Kier alpha value is -2.85. The number of rotatable bonds is 4. The number of carbonyl (C=O) groups excluding carboxylic acids is 3. The van der Waals surface area contributed by atoms with Gasteiger partial charge in [-0.15, -0.1) is 0 Å². The molecular formula is C23H26F2N2O6. The maximum Gasteiger partial charge on any atom is 0.333 e. The molecule has 4 heterocycles. The molecule has 1 unspecified atom stereocenters. The van der Waals surface area contributed by atoms with Gasteiger partial charge in [0.05, 0.1) is 0 Å². The van der Waals surface area contributed by atoms with Crippen LogP contribution in [0.4, 0.5) is 8.78 Å². The number of morpholine rings is 1. The highest BCUT2D eigenvalue weighted by Crippen LogP contribution is 2.43. The number of hydrogen-bond donors (Lipinski definition) is 0. The van der Waals surface area contributed by atoms with Crippen LogP contribution in [-0.2, 0) is 35.0 Å². The number of carbonyl (C=O) groups is 3. The summed E-state index contributed by atoms with van der Waals surface area (Å²) in [6, 6.07) is 3.39. The van der Waals surface area contributed by atoms with Gasteiger partial charge in [-0.3, -0.25) is 9.69 Å². The van der Waals surface area contributed by atoms with E-state index in [1.165, 1.54) is 17.9 Å². The van der Waals surface area contributed by atoms with Gasteiger partial charge in [-0.2, -0.15) is 0 Å². The molecule has 4 aliphatic heterocycles. The van der Waals surface area contributed by atoms with Crippen LogP contribution in [0.5, 0.6) is 0 Å². The van der Waals surface area contributed by atoms with E-state index in [0.717, 1.165) is 24.3 Å². The summed E-state index contributed by atoms with van der Waals surface area (Å²) in [7, 11) is 0. The van der Waals surface area contributed by atoms with Crippen molar-refractivity contribution in [1.29, 1.82) is 0 Å². The van der Waals surface area contributed by atoms with Crippen LogP contribution in [0.25, 0.3) is 0 Å². The van der Waals surface area contributed by atoms with E-state index in [4.69, 9.17) is 14.2 Å². The maximum atomic E-state index is 14.0. The number of likely N-dealkylation sites (tertiary alicyclic amines) is 1. The number of hydrogen-bond acceptors (Lipinski definition) is 7. The molecule has 0 N–H and O–H groups in total. The van der Waals surface area contributed by atoms with E-state index in [1.54, 1.807) is 6.92 Å². The topological polar surface area (TPSA) is 85.4 Å². The van der Waals surface area contributed by atoms with Crippen LogP contribution in [-0.4, -0.2) is 71.4 Å². The fourth-order valence-corrected chi connectivity index (χ4v) is 4.71. The summed E-state index contributed by atoms with van der Waals surface area (Å²) in [5.74, 6) is -5.06. The predicted molar refractivity (Wildman–Crippen MR) is 110 cm³/mol. The molecule has 4 aliphatic rings. The summed E-state index contributed by atoms with van der Waals surface area (Å²) in [5.41, 5.74) is -0.785. The Labute approximate surface area is 190 Å². The maximum absolute atomic E-state index is 14.0. The van der Waals surface area contributed by atoms with Crippen LogP contribution in [0, 0.1) is 11.6 Å². The van der Waals surface area contributed by atoms with Gasteiger partial charge in [-0.05, 0) is 49.9 Å². The Morgan fingerprint density at radius 2 is 1.79 bits per heavy atom. The third-order valence-corrected chi connectivity index (χ3v) is 6.41. The highest BCUT2D eigenvalue weighted by molar-refractivity contribution is 5.95. The molecule has 1 aromatic carbocycles. The third kappa shape index (κ3) is 4.49. The number of nitrogens with zero attached hydrogens (tertiary/aromatic N) is 2. The van der Waals surface area contributed by atoms with Crippen molar-refractivity contribution >= 4 is 17.8 Å². The molecule has 2 bridgehead atoms. The predicted octanol–water partition coefficient (Wildman–Crippen LogP) is 1.92. The summed E-state index contributed by atoms with van der Waals surface area (Å²) in [6.07, 6.45) is 1.97. The Bertz CT molecular complexity index is 991. The molecule has 5 rings (SSSR count). The molecule has 0 aromatic heterocycles. The molecule has 2 saturated heterocycles. The fourth-order valence-electron chi connectivity index (χ4n) is 4.71. The van der Waals surface area contributed by atoms with Gasteiger partial charge < -0.3 is 19.1 Å². The number of esters is 2. The molecule has 178 valence electrons. The second-order valence-corrected chi connectivity index (χ2v) is 8.57. The van der Waals surface area contributed by atoms with Gasteiger partial charge in [0, 0.05) is 45.3 Å². The minimum atomic E-state index is -1.86. The normalized spacial score (nSPS) is 28.5. The van der Waals surface area contributed by atoms with Crippen molar-refractivity contribution in [2.45, 2.75) is 50.7 Å². The van der Waals surface area contributed by atoms with Crippen LogP contribution < -0.4 is 0 Å². The zero-order chi connectivity index (χ0) is 23.8. The van der Waals surface area contributed by atoms with Gasteiger partial charge in [0.25, 0.3) is 11.7 Å². The second-order valence-electron chi connectivity index (χ2n) is 8.57. The van der Waals surface area contributed by atoms with E-state index >= 15 is 0 Å². The largest absolute Gasteiger partial charge is 0.435 e. The minimum absolute atomic E-state index is 0.224. The minimum Gasteiger partial charge on any atom is -0.435 e. The molecule has 1 amide bonds. The monoisotopic (exact) mass is 464 g/mol. The van der Waals surface area contributed by atoms with Crippen molar-refractivity contribution in [2.24, 2.45) is 0 Å². The van der Waals surface area contributed by atoms with E-state index in [2.05, 4.69) is 4.90 Å². The first-order chi connectivity index (χ1) is 15.7. The number of fused-ring (bicyclic) bond motifs is 5. The van der Waals surface area contributed by atoms with Crippen LogP contribution in [0.1, 0.15) is 32.3 Å².